The van der Waals surface area contributed by atoms with E-state index in [-0.39, 0.29) is 5.78 Å². The molecule has 1 heterocycles. The lowest BCUT2D eigenvalue weighted by Crippen LogP contribution is -2.13. The van der Waals surface area contributed by atoms with Gasteiger partial charge in [0.2, 0.25) is 0 Å². The Morgan fingerprint density at radius 1 is 1.06 bits per heavy atom. The molecule has 0 fully saturated rings. The van der Waals surface area contributed by atoms with Gasteiger partial charge in [0.15, 0.2) is 5.78 Å². The number of nitrogens with one attached hydrogen (secondary N) is 1. The van der Waals surface area contributed by atoms with Crippen LogP contribution in [0.15, 0.2) is 54.9 Å². The monoisotopic (exact) mass is 212 g/mol. The van der Waals surface area contributed by atoms with Gasteiger partial charge in [0.25, 0.3) is 0 Å². The van der Waals surface area contributed by atoms with Crippen LogP contribution in [0.2, 0.25) is 0 Å². The van der Waals surface area contributed by atoms with Gasteiger partial charge in [0, 0.05) is 23.6 Å². The topological polar surface area (TPSA) is 42.0 Å². The van der Waals surface area contributed by atoms with Crippen LogP contribution in [-0.4, -0.2) is 17.3 Å². The van der Waals surface area contributed by atoms with Crippen LogP contribution in [-0.2, 0) is 0 Å². The normalized spacial score (nSPS) is 9.75. The van der Waals surface area contributed by atoms with E-state index in [1.807, 2.05) is 42.5 Å². The molecule has 16 heavy (non-hydrogen) atoms. The predicted octanol–water partition coefficient (Wildman–Crippen LogP) is 2.38. The number of benzene rings is 1. The molecule has 80 valence electrons. The molecule has 0 aliphatic heterocycles. The van der Waals surface area contributed by atoms with Gasteiger partial charge in [-0.25, -0.2) is 0 Å². The quantitative estimate of drug-likeness (QED) is 0.791. The zero-order chi connectivity index (χ0) is 11.2. The van der Waals surface area contributed by atoms with E-state index in [9.17, 15) is 4.79 Å². The van der Waals surface area contributed by atoms with Gasteiger partial charge >= 0.3 is 0 Å². The summed E-state index contributed by atoms with van der Waals surface area (Å²) < 4.78 is 0. The molecule has 0 radical (unpaired) electrons. The average Bonchev–Trinajstić information content (AvgIpc) is 2.38. The molecule has 1 aromatic carbocycles. The minimum atomic E-state index is 0.0809. The van der Waals surface area contributed by atoms with E-state index in [1.54, 1.807) is 12.4 Å². The summed E-state index contributed by atoms with van der Waals surface area (Å²) in [7, 11) is 0. The van der Waals surface area contributed by atoms with E-state index in [0.717, 1.165) is 11.3 Å². The highest BCUT2D eigenvalue weighted by molar-refractivity contribution is 5.98. The minimum Gasteiger partial charge on any atom is -0.377 e. The van der Waals surface area contributed by atoms with Crippen molar-refractivity contribution in [1.82, 2.24) is 4.98 Å². The van der Waals surface area contributed by atoms with Crippen LogP contribution in [0.1, 0.15) is 10.4 Å². The Bertz CT molecular complexity index is 454. The van der Waals surface area contributed by atoms with Crippen LogP contribution in [0.5, 0.6) is 0 Å². The van der Waals surface area contributed by atoms with Crippen LogP contribution in [0.3, 0.4) is 0 Å². The van der Waals surface area contributed by atoms with E-state index in [0.29, 0.717) is 6.54 Å². The second-order valence-electron chi connectivity index (χ2n) is 3.38. The summed E-state index contributed by atoms with van der Waals surface area (Å²) in [6.07, 6.45) is 3.38. The summed E-state index contributed by atoms with van der Waals surface area (Å²) in [5.41, 5.74) is 1.63. The summed E-state index contributed by atoms with van der Waals surface area (Å²) in [6, 6.07) is 12.9. The maximum atomic E-state index is 11.7. The lowest BCUT2D eigenvalue weighted by molar-refractivity contribution is 0.101. The fourth-order valence-corrected chi connectivity index (χ4v) is 1.38. The summed E-state index contributed by atoms with van der Waals surface area (Å²) in [5, 5.41) is 3.05. The summed E-state index contributed by atoms with van der Waals surface area (Å²) in [5.74, 6) is 0.0809. The van der Waals surface area contributed by atoms with Gasteiger partial charge in [-0.2, -0.15) is 0 Å². The van der Waals surface area contributed by atoms with Gasteiger partial charge in [0.1, 0.15) is 0 Å². The molecule has 0 spiro atoms. The summed E-state index contributed by atoms with van der Waals surface area (Å²) in [6.45, 7) is 0.300. The molecule has 1 N–H and O–H groups in total. The first kappa shape index (κ1) is 10.4. The molecule has 2 aromatic rings. The smallest absolute Gasteiger partial charge is 0.181 e. The van der Waals surface area contributed by atoms with E-state index in [4.69, 9.17) is 0 Å². The molecule has 0 saturated carbocycles. The first-order valence-electron chi connectivity index (χ1n) is 5.08. The van der Waals surface area contributed by atoms with Crippen molar-refractivity contribution in [2.45, 2.75) is 0 Å². The van der Waals surface area contributed by atoms with E-state index in [1.165, 1.54) is 0 Å². The molecule has 0 amide bonds. The molecule has 0 unspecified atom stereocenters. The van der Waals surface area contributed by atoms with Crippen LogP contribution in [0.25, 0.3) is 0 Å². The molecule has 0 aliphatic rings. The third-order valence-electron chi connectivity index (χ3n) is 2.23. The second-order valence-corrected chi connectivity index (χ2v) is 3.38. The zero-order valence-corrected chi connectivity index (χ0v) is 8.76. The summed E-state index contributed by atoms with van der Waals surface area (Å²) in [4.78, 5) is 15.6. The van der Waals surface area contributed by atoms with Crippen molar-refractivity contribution in [3.05, 3.63) is 60.4 Å². The Morgan fingerprint density at radius 2 is 1.75 bits per heavy atom. The van der Waals surface area contributed by atoms with Crippen molar-refractivity contribution in [2.75, 3.05) is 11.9 Å². The molecule has 0 atom stereocenters. The predicted molar refractivity (Wildman–Crippen MR) is 63.5 cm³/mol. The van der Waals surface area contributed by atoms with Crippen LogP contribution in [0, 0.1) is 0 Å². The SMILES string of the molecule is O=C(CNc1ccncc1)c1ccccc1. The highest BCUT2D eigenvalue weighted by Gasteiger charge is 2.03. The van der Waals surface area contributed by atoms with Crippen molar-refractivity contribution in [3.8, 4) is 0 Å². The van der Waals surface area contributed by atoms with E-state index in [2.05, 4.69) is 10.3 Å². The maximum Gasteiger partial charge on any atom is 0.181 e. The number of nitrogens with zero attached hydrogens (tertiary/aromatic N) is 1. The Kier molecular flexibility index (Phi) is 3.28. The number of carbonyl (C=O) groups excluding carboxylic acids is 1. The Labute approximate surface area is 94.1 Å². The molecule has 0 aliphatic carbocycles. The van der Waals surface area contributed by atoms with E-state index >= 15 is 0 Å². The standard InChI is InChI=1S/C13H12N2O/c16-13(11-4-2-1-3-5-11)10-15-12-6-8-14-9-7-12/h1-9H,10H2,(H,14,15). The molecular formula is C13H12N2O. The molecular weight excluding hydrogens is 200 g/mol. The highest BCUT2D eigenvalue weighted by Crippen LogP contribution is 2.04. The number of carbonyl (C=O) groups is 1. The van der Waals surface area contributed by atoms with Crippen molar-refractivity contribution in [1.29, 1.82) is 0 Å². The molecule has 0 bridgehead atoms. The van der Waals surface area contributed by atoms with Gasteiger partial charge in [-0.15, -0.1) is 0 Å². The van der Waals surface area contributed by atoms with Gasteiger partial charge in [0.05, 0.1) is 6.54 Å². The molecule has 1 aromatic heterocycles. The second kappa shape index (κ2) is 5.07. The molecule has 3 nitrogen and oxygen atoms in total. The third kappa shape index (κ3) is 2.67. The number of hydrogen-bond donors (Lipinski definition) is 1. The largest absolute Gasteiger partial charge is 0.377 e. The average molecular weight is 212 g/mol. The maximum absolute atomic E-state index is 11.7. The number of hydrogen-bond acceptors (Lipinski definition) is 3. The Morgan fingerprint density at radius 3 is 2.44 bits per heavy atom. The van der Waals surface area contributed by atoms with Gasteiger partial charge in [-0.05, 0) is 12.1 Å². The van der Waals surface area contributed by atoms with E-state index < -0.39 is 0 Å². The fourth-order valence-electron chi connectivity index (χ4n) is 1.38. The summed E-state index contributed by atoms with van der Waals surface area (Å²) >= 11 is 0. The molecule has 3 heteroatoms. The number of aromatic nitrogens is 1. The number of ketones is 1. The number of Topliss-reactive ketones (excluding diaryl/α,β-unsaturated/α-hetero) is 1. The number of pyridine rings is 1. The van der Waals surface area contributed by atoms with Crippen molar-refractivity contribution in [3.63, 3.8) is 0 Å². The van der Waals surface area contributed by atoms with Crippen molar-refractivity contribution >= 4 is 11.5 Å². The van der Waals surface area contributed by atoms with Crippen LogP contribution in [0.4, 0.5) is 5.69 Å². The third-order valence-corrected chi connectivity index (χ3v) is 2.23. The molecule has 2 rings (SSSR count). The molecule has 0 saturated heterocycles. The lowest BCUT2D eigenvalue weighted by atomic mass is 10.1. The minimum absolute atomic E-state index is 0.0809. The van der Waals surface area contributed by atoms with Crippen molar-refractivity contribution < 1.29 is 4.79 Å². The highest BCUT2D eigenvalue weighted by atomic mass is 16.1. The van der Waals surface area contributed by atoms with Crippen LogP contribution < -0.4 is 5.32 Å². The number of anilines is 1. The van der Waals surface area contributed by atoms with Gasteiger partial charge in [-0.3, -0.25) is 9.78 Å². The zero-order valence-electron chi connectivity index (χ0n) is 8.76. The lowest BCUT2D eigenvalue weighted by Gasteiger charge is -2.04. The van der Waals surface area contributed by atoms with Crippen LogP contribution >= 0.6 is 0 Å². The first-order valence-corrected chi connectivity index (χ1v) is 5.08. The first-order chi connectivity index (χ1) is 7.86. The number of rotatable bonds is 4. The van der Waals surface area contributed by atoms with Crippen molar-refractivity contribution in [2.24, 2.45) is 0 Å². The fraction of sp³-hybridized carbons (Fsp3) is 0.0769. The van der Waals surface area contributed by atoms with Gasteiger partial charge in [-0.1, -0.05) is 30.3 Å². The Hall–Kier alpha value is -2.16. The Balaban J connectivity index is 1.95. The van der Waals surface area contributed by atoms with Gasteiger partial charge < -0.3 is 5.32 Å².